The molecule has 78 valence electrons. The average Bonchev–Trinajstić information content (AvgIpc) is 2.86. The summed E-state index contributed by atoms with van der Waals surface area (Å²) in [7, 11) is 0. The predicted molar refractivity (Wildman–Crippen MR) is 57.6 cm³/mol. The zero-order valence-corrected chi connectivity index (χ0v) is 8.40. The van der Waals surface area contributed by atoms with Crippen molar-refractivity contribution in [1.82, 2.24) is 19.9 Å². The van der Waals surface area contributed by atoms with E-state index >= 15 is 0 Å². The van der Waals surface area contributed by atoms with Crippen LogP contribution in [0.3, 0.4) is 0 Å². The number of aromatic nitrogens is 4. The van der Waals surface area contributed by atoms with E-state index in [0.717, 1.165) is 17.1 Å². The highest BCUT2D eigenvalue weighted by Crippen LogP contribution is 2.21. The zero-order valence-electron chi connectivity index (χ0n) is 8.40. The minimum absolute atomic E-state index is 0.568. The average molecular weight is 203 g/mol. The van der Waals surface area contributed by atoms with Crippen LogP contribution in [-0.2, 0) is 0 Å². The number of aromatic amines is 1. The highest BCUT2D eigenvalue weighted by molar-refractivity contribution is 5.71. The Hall–Kier alpha value is -1.65. The molecule has 2 aromatic rings. The first kappa shape index (κ1) is 8.64. The van der Waals surface area contributed by atoms with E-state index in [4.69, 9.17) is 0 Å². The lowest BCUT2D eigenvalue weighted by Crippen LogP contribution is -2.15. The largest absolute Gasteiger partial charge is 0.353 e. The van der Waals surface area contributed by atoms with Crippen molar-refractivity contribution in [2.24, 2.45) is 0 Å². The molecule has 2 N–H and O–H groups in total. The minimum atomic E-state index is 0.568. The summed E-state index contributed by atoms with van der Waals surface area (Å²) >= 11 is 0. The van der Waals surface area contributed by atoms with Gasteiger partial charge in [0.1, 0.15) is 11.8 Å². The predicted octanol–water partition coefficient (Wildman–Crippen LogP) is 1.71. The third-order valence-electron chi connectivity index (χ3n) is 2.86. The topological polar surface area (TPSA) is 66.5 Å². The Morgan fingerprint density at radius 2 is 2.20 bits per heavy atom. The molecule has 0 spiro atoms. The van der Waals surface area contributed by atoms with Crippen LogP contribution in [0.15, 0.2) is 12.5 Å². The number of hydrogen-bond donors (Lipinski definition) is 2. The lowest BCUT2D eigenvalue weighted by atomic mass is 10.3. The monoisotopic (exact) mass is 203 g/mol. The molecule has 0 aromatic carbocycles. The molecule has 2 aromatic heterocycles. The Kier molecular flexibility index (Phi) is 2.01. The van der Waals surface area contributed by atoms with Gasteiger partial charge in [-0.2, -0.15) is 4.98 Å². The maximum Gasteiger partial charge on any atom is 0.202 e. The van der Waals surface area contributed by atoms with Crippen LogP contribution in [0.25, 0.3) is 11.2 Å². The molecule has 0 saturated heterocycles. The number of hydrogen-bond acceptors (Lipinski definition) is 4. The lowest BCUT2D eigenvalue weighted by molar-refractivity contribution is 0.747. The summed E-state index contributed by atoms with van der Waals surface area (Å²) in [5, 5.41) is 3.40. The van der Waals surface area contributed by atoms with Crippen molar-refractivity contribution in [3.05, 3.63) is 12.5 Å². The highest BCUT2D eigenvalue weighted by atomic mass is 15.2. The lowest BCUT2D eigenvalue weighted by Gasteiger charge is -2.09. The molecule has 15 heavy (non-hydrogen) atoms. The molecular weight excluding hydrogens is 190 g/mol. The van der Waals surface area contributed by atoms with E-state index in [0.29, 0.717) is 6.04 Å². The maximum atomic E-state index is 4.36. The summed E-state index contributed by atoms with van der Waals surface area (Å²) < 4.78 is 0. The van der Waals surface area contributed by atoms with Crippen molar-refractivity contribution < 1.29 is 0 Å². The second kappa shape index (κ2) is 3.49. The summed E-state index contributed by atoms with van der Waals surface area (Å²) in [6.45, 7) is 0. The van der Waals surface area contributed by atoms with E-state index in [1.54, 1.807) is 6.20 Å². The molecule has 5 nitrogen and oxygen atoms in total. The smallest absolute Gasteiger partial charge is 0.202 e. The normalized spacial score (nSPS) is 17.3. The first-order chi connectivity index (χ1) is 7.42. The summed E-state index contributed by atoms with van der Waals surface area (Å²) in [6, 6.07) is 0.568. The number of fused-ring (bicyclic) bond motifs is 1. The highest BCUT2D eigenvalue weighted by Gasteiger charge is 2.15. The number of imidazole rings is 1. The fourth-order valence-electron chi connectivity index (χ4n) is 2.09. The van der Waals surface area contributed by atoms with Gasteiger partial charge in [-0.3, -0.25) is 0 Å². The molecule has 1 saturated carbocycles. The van der Waals surface area contributed by atoms with E-state index in [1.807, 2.05) is 0 Å². The Balaban J connectivity index is 1.84. The van der Waals surface area contributed by atoms with Gasteiger partial charge in [-0.05, 0) is 12.8 Å². The third-order valence-corrected chi connectivity index (χ3v) is 2.86. The molecule has 0 unspecified atom stereocenters. The van der Waals surface area contributed by atoms with Crippen LogP contribution in [0.2, 0.25) is 0 Å². The fourth-order valence-corrected chi connectivity index (χ4v) is 2.09. The number of rotatable bonds is 2. The van der Waals surface area contributed by atoms with Gasteiger partial charge in [0.15, 0.2) is 5.65 Å². The fraction of sp³-hybridized carbons (Fsp3) is 0.500. The molecule has 1 aliphatic carbocycles. The van der Waals surface area contributed by atoms with Gasteiger partial charge in [-0.15, -0.1) is 0 Å². The van der Waals surface area contributed by atoms with Gasteiger partial charge in [-0.25, -0.2) is 9.97 Å². The Labute approximate surface area is 87.3 Å². The van der Waals surface area contributed by atoms with Crippen molar-refractivity contribution in [3.63, 3.8) is 0 Å². The summed E-state index contributed by atoms with van der Waals surface area (Å²) in [6.07, 6.45) is 8.37. The number of anilines is 1. The molecule has 3 rings (SSSR count). The molecule has 0 radical (unpaired) electrons. The van der Waals surface area contributed by atoms with Crippen LogP contribution in [0.4, 0.5) is 5.95 Å². The van der Waals surface area contributed by atoms with Crippen molar-refractivity contribution >= 4 is 17.1 Å². The molecule has 1 aliphatic rings. The van der Waals surface area contributed by atoms with Crippen LogP contribution in [0, 0.1) is 0 Å². The van der Waals surface area contributed by atoms with Gasteiger partial charge in [0.25, 0.3) is 0 Å². The molecule has 5 heteroatoms. The first-order valence-corrected chi connectivity index (χ1v) is 5.34. The van der Waals surface area contributed by atoms with Crippen LogP contribution >= 0.6 is 0 Å². The van der Waals surface area contributed by atoms with Gasteiger partial charge in [0, 0.05) is 6.04 Å². The van der Waals surface area contributed by atoms with Gasteiger partial charge in [0.05, 0.1) is 6.20 Å². The van der Waals surface area contributed by atoms with E-state index in [2.05, 4.69) is 25.3 Å². The van der Waals surface area contributed by atoms with Crippen LogP contribution in [0.1, 0.15) is 25.7 Å². The Bertz CT molecular complexity index is 425. The quantitative estimate of drug-likeness (QED) is 0.779. The number of nitrogens with one attached hydrogen (secondary N) is 2. The number of H-pyrrole nitrogens is 1. The van der Waals surface area contributed by atoms with Crippen LogP contribution < -0.4 is 5.32 Å². The maximum absolute atomic E-state index is 4.36. The van der Waals surface area contributed by atoms with Gasteiger partial charge >= 0.3 is 0 Å². The molecule has 0 atom stereocenters. The van der Waals surface area contributed by atoms with E-state index in [9.17, 15) is 0 Å². The van der Waals surface area contributed by atoms with E-state index in [-0.39, 0.29) is 0 Å². The molecular formula is C10H13N5. The molecule has 1 fully saturated rings. The zero-order chi connectivity index (χ0) is 10.1. The number of nitrogens with zero attached hydrogens (tertiary/aromatic N) is 3. The molecule has 0 bridgehead atoms. The summed E-state index contributed by atoms with van der Waals surface area (Å²) in [4.78, 5) is 15.6. The van der Waals surface area contributed by atoms with E-state index in [1.165, 1.54) is 32.0 Å². The second-order valence-electron chi connectivity index (χ2n) is 3.97. The van der Waals surface area contributed by atoms with Crippen molar-refractivity contribution in [2.45, 2.75) is 31.7 Å². The van der Waals surface area contributed by atoms with Crippen LogP contribution in [-0.4, -0.2) is 26.0 Å². The summed E-state index contributed by atoms with van der Waals surface area (Å²) in [5.74, 6) is 0.817. The van der Waals surface area contributed by atoms with Crippen molar-refractivity contribution in [1.29, 1.82) is 0 Å². The standard InChI is InChI=1S/C10H13N5/c1-2-4-7(3-1)13-10-14-8-5-11-6-12-9(8)15-10/h5-7H,1-4H2,(H2,11,12,13,14,15). The molecule has 2 heterocycles. The Morgan fingerprint density at radius 1 is 1.33 bits per heavy atom. The first-order valence-electron chi connectivity index (χ1n) is 5.34. The van der Waals surface area contributed by atoms with Crippen molar-refractivity contribution in [2.75, 3.05) is 5.32 Å². The molecule has 0 aliphatic heterocycles. The third kappa shape index (κ3) is 1.65. The summed E-state index contributed by atoms with van der Waals surface area (Å²) in [5.41, 5.74) is 1.61. The van der Waals surface area contributed by atoms with Crippen LogP contribution in [0.5, 0.6) is 0 Å². The molecule has 0 amide bonds. The minimum Gasteiger partial charge on any atom is -0.353 e. The van der Waals surface area contributed by atoms with Crippen molar-refractivity contribution in [3.8, 4) is 0 Å². The van der Waals surface area contributed by atoms with Gasteiger partial charge in [-0.1, -0.05) is 12.8 Å². The second-order valence-corrected chi connectivity index (χ2v) is 3.97. The SMILES string of the molecule is c1ncc2[nH]c(NC3CCCC3)nc2n1. The van der Waals surface area contributed by atoms with Gasteiger partial charge < -0.3 is 10.3 Å². The van der Waals surface area contributed by atoms with Gasteiger partial charge in [0.2, 0.25) is 5.95 Å². The Morgan fingerprint density at radius 3 is 3.00 bits per heavy atom. The van der Waals surface area contributed by atoms with E-state index < -0.39 is 0 Å².